The average molecular weight is 275 g/mol. The maximum Gasteiger partial charge on any atom is 0.243 e. The van der Waals surface area contributed by atoms with Gasteiger partial charge >= 0.3 is 0 Å². The molecule has 0 radical (unpaired) electrons. The third-order valence-electron chi connectivity index (χ3n) is 2.25. The van der Waals surface area contributed by atoms with E-state index < -0.39 is 15.8 Å². The van der Waals surface area contributed by atoms with Crippen LogP contribution in [0.2, 0.25) is 0 Å². The number of halogens is 1. The zero-order valence-electron chi connectivity index (χ0n) is 9.75. The van der Waals surface area contributed by atoms with Gasteiger partial charge in [0.2, 0.25) is 10.0 Å². The van der Waals surface area contributed by atoms with Crippen molar-refractivity contribution in [1.29, 1.82) is 0 Å². The van der Waals surface area contributed by atoms with Crippen molar-refractivity contribution in [2.75, 3.05) is 13.1 Å². The van der Waals surface area contributed by atoms with Crippen LogP contribution in [-0.4, -0.2) is 36.9 Å². The number of amidine groups is 1. The smallest absolute Gasteiger partial charge is 0.243 e. The molecule has 1 rings (SSSR count). The number of likely N-dealkylation sites (N-methyl/N-ethyl adjacent to an activating group) is 1. The molecule has 1 aromatic carbocycles. The fourth-order valence-corrected chi connectivity index (χ4v) is 2.81. The molecule has 0 aliphatic rings. The van der Waals surface area contributed by atoms with Crippen molar-refractivity contribution < 1.29 is 18.0 Å². The topological polar surface area (TPSA) is 96.0 Å². The van der Waals surface area contributed by atoms with Crippen LogP contribution in [0, 0.1) is 5.82 Å². The number of sulfonamides is 1. The molecule has 0 saturated carbocycles. The standard InChI is InChI=1S/C10H14FN3O3S/c1-2-14(7-10(12)13-15)18(16,17)9-5-3-4-8(11)6-9/h3-6,15H,2,7H2,1H3,(H2,12,13). The van der Waals surface area contributed by atoms with Crippen molar-refractivity contribution in [3.05, 3.63) is 30.1 Å². The first-order valence-corrected chi connectivity index (χ1v) is 6.58. The van der Waals surface area contributed by atoms with E-state index in [0.29, 0.717) is 0 Å². The molecule has 0 aliphatic heterocycles. The summed E-state index contributed by atoms with van der Waals surface area (Å²) < 4.78 is 38.3. The second kappa shape index (κ2) is 5.78. The summed E-state index contributed by atoms with van der Waals surface area (Å²) in [5.41, 5.74) is 5.27. The molecule has 0 saturated heterocycles. The van der Waals surface area contributed by atoms with Crippen molar-refractivity contribution in [2.24, 2.45) is 10.9 Å². The summed E-state index contributed by atoms with van der Waals surface area (Å²) in [6, 6.07) is 4.66. The van der Waals surface area contributed by atoms with Crippen LogP contribution in [0.15, 0.2) is 34.3 Å². The summed E-state index contributed by atoms with van der Waals surface area (Å²) >= 11 is 0. The molecule has 100 valence electrons. The minimum absolute atomic E-state index is 0.120. The summed E-state index contributed by atoms with van der Waals surface area (Å²) in [6.45, 7) is 1.46. The van der Waals surface area contributed by atoms with E-state index in [1.165, 1.54) is 12.1 Å². The van der Waals surface area contributed by atoms with Gasteiger partial charge in [-0.2, -0.15) is 4.31 Å². The van der Waals surface area contributed by atoms with E-state index >= 15 is 0 Å². The van der Waals surface area contributed by atoms with Crippen molar-refractivity contribution in [1.82, 2.24) is 4.31 Å². The molecule has 0 unspecified atom stereocenters. The minimum atomic E-state index is -3.86. The van der Waals surface area contributed by atoms with Gasteiger partial charge in [-0.25, -0.2) is 12.8 Å². The Bertz CT molecular complexity index is 545. The Morgan fingerprint density at radius 3 is 2.72 bits per heavy atom. The highest BCUT2D eigenvalue weighted by Crippen LogP contribution is 2.16. The molecule has 0 amide bonds. The molecule has 6 nitrogen and oxygen atoms in total. The molecular weight excluding hydrogens is 261 g/mol. The van der Waals surface area contributed by atoms with E-state index in [4.69, 9.17) is 10.9 Å². The van der Waals surface area contributed by atoms with Gasteiger partial charge in [0.1, 0.15) is 5.82 Å². The highest BCUT2D eigenvalue weighted by atomic mass is 32.2. The monoisotopic (exact) mass is 275 g/mol. The molecule has 8 heteroatoms. The number of benzene rings is 1. The van der Waals surface area contributed by atoms with E-state index in [-0.39, 0.29) is 23.8 Å². The first-order valence-electron chi connectivity index (χ1n) is 5.14. The second-order valence-electron chi connectivity index (χ2n) is 3.48. The lowest BCUT2D eigenvalue weighted by Gasteiger charge is -2.19. The Balaban J connectivity index is 3.11. The third kappa shape index (κ3) is 3.17. The molecule has 0 fully saturated rings. The van der Waals surface area contributed by atoms with Gasteiger partial charge in [0.25, 0.3) is 0 Å². The highest BCUT2D eigenvalue weighted by Gasteiger charge is 2.24. The Labute approximate surface area is 105 Å². The molecule has 3 N–H and O–H groups in total. The first kappa shape index (κ1) is 14.4. The van der Waals surface area contributed by atoms with Gasteiger partial charge in [-0.1, -0.05) is 18.1 Å². The van der Waals surface area contributed by atoms with Crippen LogP contribution in [0.4, 0.5) is 4.39 Å². The van der Waals surface area contributed by atoms with Gasteiger partial charge in [-0.15, -0.1) is 0 Å². The molecule has 0 aliphatic carbocycles. The van der Waals surface area contributed by atoms with Crippen molar-refractivity contribution in [3.8, 4) is 0 Å². The second-order valence-corrected chi connectivity index (χ2v) is 5.42. The Kier molecular flexibility index (Phi) is 4.62. The number of hydrogen-bond donors (Lipinski definition) is 2. The maximum absolute atomic E-state index is 13.0. The van der Waals surface area contributed by atoms with E-state index in [1.54, 1.807) is 6.92 Å². The summed E-state index contributed by atoms with van der Waals surface area (Å²) in [4.78, 5) is -0.171. The SMILES string of the molecule is CCN(CC(N)=NO)S(=O)(=O)c1cccc(F)c1. The van der Waals surface area contributed by atoms with E-state index in [0.717, 1.165) is 16.4 Å². The van der Waals surface area contributed by atoms with Crippen LogP contribution >= 0.6 is 0 Å². The maximum atomic E-state index is 13.0. The largest absolute Gasteiger partial charge is 0.409 e. The fourth-order valence-electron chi connectivity index (χ4n) is 1.36. The van der Waals surface area contributed by atoms with Gasteiger partial charge in [0, 0.05) is 6.54 Å². The molecule has 18 heavy (non-hydrogen) atoms. The van der Waals surface area contributed by atoms with Gasteiger partial charge < -0.3 is 10.9 Å². The zero-order chi connectivity index (χ0) is 13.8. The Hall–Kier alpha value is -1.67. The van der Waals surface area contributed by atoms with Crippen molar-refractivity contribution in [2.45, 2.75) is 11.8 Å². The third-order valence-corrected chi connectivity index (χ3v) is 4.17. The van der Waals surface area contributed by atoms with Crippen molar-refractivity contribution in [3.63, 3.8) is 0 Å². The zero-order valence-corrected chi connectivity index (χ0v) is 10.6. The molecule has 0 bridgehead atoms. The lowest BCUT2D eigenvalue weighted by molar-refractivity contribution is 0.315. The Morgan fingerprint density at radius 1 is 1.56 bits per heavy atom. The first-order chi connectivity index (χ1) is 8.41. The molecular formula is C10H14FN3O3S. The molecule has 0 atom stereocenters. The van der Waals surface area contributed by atoms with Gasteiger partial charge in [0.05, 0.1) is 11.4 Å². The lowest BCUT2D eigenvalue weighted by Crippen LogP contribution is -2.38. The fraction of sp³-hybridized carbons (Fsp3) is 0.300. The molecule has 0 aromatic heterocycles. The van der Waals surface area contributed by atoms with Crippen molar-refractivity contribution >= 4 is 15.9 Å². The van der Waals surface area contributed by atoms with Crippen LogP contribution in [0.1, 0.15) is 6.92 Å². The summed E-state index contributed by atoms with van der Waals surface area (Å²) in [6.07, 6.45) is 0. The number of rotatable bonds is 5. The summed E-state index contributed by atoms with van der Waals surface area (Å²) in [5.74, 6) is -0.882. The normalized spacial score (nSPS) is 12.9. The number of hydrogen-bond acceptors (Lipinski definition) is 4. The van der Waals surface area contributed by atoms with E-state index in [1.807, 2.05) is 0 Å². The summed E-state index contributed by atoms with van der Waals surface area (Å²) in [7, 11) is -3.86. The van der Waals surface area contributed by atoms with Crippen LogP contribution in [0.3, 0.4) is 0 Å². The van der Waals surface area contributed by atoms with Crippen LogP contribution < -0.4 is 5.73 Å². The summed E-state index contributed by atoms with van der Waals surface area (Å²) in [5, 5.41) is 11.2. The predicted molar refractivity (Wildman–Crippen MR) is 64.2 cm³/mol. The van der Waals surface area contributed by atoms with E-state index in [9.17, 15) is 12.8 Å². The quantitative estimate of drug-likeness (QED) is 0.355. The van der Waals surface area contributed by atoms with E-state index in [2.05, 4.69) is 5.16 Å². The number of nitrogens with two attached hydrogens (primary N) is 1. The van der Waals surface area contributed by atoms with Gasteiger partial charge in [-0.3, -0.25) is 0 Å². The molecule has 0 spiro atoms. The lowest BCUT2D eigenvalue weighted by atomic mass is 10.4. The molecule has 1 aromatic rings. The number of nitrogens with zero attached hydrogens (tertiary/aromatic N) is 2. The van der Waals surface area contributed by atoms with Crippen LogP contribution in [-0.2, 0) is 10.0 Å². The number of oxime groups is 1. The highest BCUT2D eigenvalue weighted by molar-refractivity contribution is 7.89. The van der Waals surface area contributed by atoms with Crippen LogP contribution in [0.5, 0.6) is 0 Å². The van der Waals surface area contributed by atoms with Gasteiger partial charge in [0.15, 0.2) is 5.84 Å². The molecule has 0 heterocycles. The minimum Gasteiger partial charge on any atom is -0.409 e. The van der Waals surface area contributed by atoms with Crippen LogP contribution in [0.25, 0.3) is 0 Å². The Morgan fingerprint density at radius 2 is 2.22 bits per heavy atom. The predicted octanol–water partition coefficient (Wildman–Crippen LogP) is 0.583. The van der Waals surface area contributed by atoms with Gasteiger partial charge in [-0.05, 0) is 18.2 Å². The average Bonchev–Trinajstić information content (AvgIpc) is 2.35.